The van der Waals surface area contributed by atoms with Crippen molar-refractivity contribution >= 4 is 32.8 Å². The van der Waals surface area contributed by atoms with Gasteiger partial charge in [0.25, 0.3) is 0 Å². The Balaban J connectivity index is 2.57. The molecule has 0 saturated heterocycles. The van der Waals surface area contributed by atoms with Gasteiger partial charge >= 0.3 is 5.97 Å². The van der Waals surface area contributed by atoms with Crippen LogP contribution in [0.3, 0.4) is 0 Å². The minimum Gasteiger partial charge on any atom is -0.481 e. The smallest absolute Gasteiger partial charge is 0.312 e. The van der Waals surface area contributed by atoms with Crippen LogP contribution in [0, 0.1) is 0 Å². The lowest BCUT2D eigenvalue weighted by molar-refractivity contribution is -0.138. The Labute approximate surface area is 106 Å². The molecule has 0 aliphatic carbocycles. The van der Waals surface area contributed by atoms with E-state index in [4.69, 9.17) is 10.8 Å². The van der Waals surface area contributed by atoms with Crippen LogP contribution in [-0.4, -0.2) is 27.4 Å². The third-order valence-electron chi connectivity index (χ3n) is 2.77. The molecule has 0 amide bonds. The number of nitrogens with zero attached hydrogens (tertiary/aromatic N) is 2. The molecule has 3 N–H and O–H groups in total. The lowest BCUT2D eigenvalue weighted by atomic mass is 9.98. The van der Waals surface area contributed by atoms with Gasteiger partial charge in [0.15, 0.2) is 0 Å². The Kier molecular flexibility index (Phi) is 3.17. The zero-order chi connectivity index (χ0) is 12.6. The van der Waals surface area contributed by atoms with Crippen molar-refractivity contribution in [3.63, 3.8) is 0 Å². The maximum Gasteiger partial charge on any atom is 0.312 e. The highest BCUT2D eigenvalue weighted by Crippen LogP contribution is 2.26. The molecule has 0 aliphatic rings. The topological polar surface area (TPSA) is 81.1 Å². The zero-order valence-electron chi connectivity index (χ0n) is 9.22. The van der Waals surface area contributed by atoms with Crippen LogP contribution >= 0.6 is 15.9 Å². The van der Waals surface area contributed by atoms with Crippen molar-refractivity contribution in [2.45, 2.75) is 5.92 Å². The van der Waals surface area contributed by atoms with E-state index in [1.165, 1.54) is 0 Å². The molecule has 2 rings (SSSR count). The number of carbonyl (C=O) groups is 1. The number of carboxylic acid groups (broad SMARTS) is 1. The molecule has 6 heteroatoms. The van der Waals surface area contributed by atoms with Crippen LogP contribution in [0.25, 0.3) is 10.9 Å². The van der Waals surface area contributed by atoms with Gasteiger partial charge in [0.05, 0.1) is 11.4 Å². The number of aryl methyl sites for hydroxylation is 1. The van der Waals surface area contributed by atoms with E-state index < -0.39 is 11.9 Å². The predicted molar refractivity (Wildman–Crippen MR) is 67.8 cm³/mol. The van der Waals surface area contributed by atoms with Crippen LogP contribution in [0.5, 0.6) is 0 Å². The molecule has 0 bridgehead atoms. The normalized spacial score (nSPS) is 12.9. The third-order valence-corrected chi connectivity index (χ3v) is 3.35. The molecule has 0 fully saturated rings. The highest BCUT2D eigenvalue weighted by Gasteiger charge is 2.19. The molecular weight excluding hydrogens is 286 g/mol. The van der Waals surface area contributed by atoms with Crippen molar-refractivity contribution in [2.75, 3.05) is 6.54 Å². The number of hydrogen-bond donors (Lipinski definition) is 2. The molecule has 0 radical (unpaired) electrons. The Bertz CT molecular complexity index is 579. The number of hydrogen-bond acceptors (Lipinski definition) is 3. The molecule has 1 heterocycles. The maximum absolute atomic E-state index is 11.0. The summed E-state index contributed by atoms with van der Waals surface area (Å²) in [5, 5.41) is 14.2. The fourth-order valence-electron chi connectivity index (χ4n) is 1.83. The quantitative estimate of drug-likeness (QED) is 0.899. The van der Waals surface area contributed by atoms with Crippen LogP contribution in [-0.2, 0) is 11.8 Å². The summed E-state index contributed by atoms with van der Waals surface area (Å²) in [6, 6.07) is 5.45. The highest BCUT2D eigenvalue weighted by atomic mass is 79.9. The van der Waals surface area contributed by atoms with Crippen LogP contribution in [0.1, 0.15) is 11.5 Å². The van der Waals surface area contributed by atoms with E-state index in [1.807, 2.05) is 19.2 Å². The predicted octanol–water partition coefficient (Wildman–Crippen LogP) is 1.46. The minimum absolute atomic E-state index is 0.0832. The second-order valence-corrected chi connectivity index (χ2v) is 4.57. The molecule has 1 aromatic carbocycles. The highest BCUT2D eigenvalue weighted by molar-refractivity contribution is 9.10. The van der Waals surface area contributed by atoms with E-state index in [2.05, 4.69) is 21.0 Å². The number of nitrogens with two attached hydrogens (primary N) is 1. The number of aromatic nitrogens is 2. The molecule has 1 atom stereocenters. The molecule has 1 aromatic heterocycles. The van der Waals surface area contributed by atoms with Crippen molar-refractivity contribution in [3.05, 3.63) is 28.4 Å². The summed E-state index contributed by atoms with van der Waals surface area (Å²) < 4.78 is 2.46. The SMILES string of the molecule is Cn1nc(Br)c2ccc(C(CN)C(=O)O)cc21. The van der Waals surface area contributed by atoms with Crippen molar-refractivity contribution in [1.29, 1.82) is 0 Å². The van der Waals surface area contributed by atoms with Crippen molar-refractivity contribution in [2.24, 2.45) is 12.8 Å². The average Bonchev–Trinajstić information content (AvgIpc) is 2.55. The van der Waals surface area contributed by atoms with Crippen LogP contribution in [0.4, 0.5) is 0 Å². The number of rotatable bonds is 3. The van der Waals surface area contributed by atoms with Gasteiger partial charge in [-0.1, -0.05) is 6.07 Å². The molecule has 2 aromatic rings. The minimum atomic E-state index is -0.909. The molecule has 0 saturated carbocycles. The summed E-state index contributed by atoms with van der Waals surface area (Å²) in [4.78, 5) is 11.0. The second-order valence-electron chi connectivity index (χ2n) is 3.82. The Hall–Kier alpha value is -1.40. The third kappa shape index (κ3) is 2.05. The van der Waals surface area contributed by atoms with Crippen LogP contribution in [0.15, 0.2) is 22.8 Å². The zero-order valence-corrected chi connectivity index (χ0v) is 10.8. The molecule has 1 unspecified atom stereocenters. The number of carboxylic acids is 1. The molecule has 0 aliphatic heterocycles. The first-order valence-electron chi connectivity index (χ1n) is 5.09. The summed E-state index contributed by atoms with van der Waals surface area (Å²) in [6.45, 7) is 0.0832. The van der Waals surface area contributed by atoms with Crippen molar-refractivity contribution in [1.82, 2.24) is 9.78 Å². The van der Waals surface area contributed by atoms with Crippen molar-refractivity contribution < 1.29 is 9.90 Å². The van der Waals surface area contributed by atoms with Gasteiger partial charge in [-0.3, -0.25) is 9.48 Å². The van der Waals surface area contributed by atoms with E-state index in [9.17, 15) is 4.79 Å². The van der Waals surface area contributed by atoms with Crippen molar-refractivity contribution in [3.8, 4) is 0 Å². The maximum atomic E-state index is 11.0. The number of fused-ring (bicyclic) bond motifs is 1. The summed E-state index contributed by atoms with van der Waals surface area (Å²) in [7, 11) is 1.81. The Morgan fingerprint density at radius 1 is 1.65 bits per heavy atom. The molecule has 17 heavy (non-hydrogen) atoms. The Morgan fingerprint density at radius 3 is 2.94 bits per heavy atom. The second kappa shape index (κ2) is 4.46. The molecule has 0 spiro atoms. The van der Waals surface area contributed by atoms with Crippen LogP contribution in [0.2, 0.25) is 0 Å². The summed E-state index contributed by atoms with van der Waals surface area (Å²) >= 11 is 3.35. The summed E-state index contributed by atoms with van der Waals surface area (Å²) in [5.74, 6) is -1.58. The standard InChI is InChI=1S/C11H12BrN3O2/c1-15-9-4-6(8(5-13)11(16)17)2-3-7(9)10(12)14-15/h2-4,8H,5,13H2,1H3,(H,16,17). The van der Waals surface area contributed by atoms with E-state index in [1.54, 1.807) is 10.7 Å². The molecular formula is C11H12BrN3O2. The van der Waals surface area contributed by atoms with E-state index in [-0.39, 0.29) is 6.54 Å². The van der Waals surface area contributed by atoms with Gasteiger partial charge in [0.1, 0.15) is 4.60 Å². The summed E-state index contributed by atoms with van der Waals surface area (Å²) in [6.07, 6.45) is 0. The van der Waals surface area contributed by atoms with E-state index in [0.717, 1.165) is 15.5 Å². The Morgan fingerprint density at radius 2 is 2.35 bits per heavy atom. The average molecular weight is 298 g/mol. The van der Waals surface area contributed by atoms with Gasteiger partial charge in [0.2, 0.25) is 0 Å². The van der Waals surface area contributed by atoms with Gasteiger partial charge in [-0.2, -0.15) is 5.10 Å². The van der Waals surface area contributed by atoms with Gasteiger partial charge in [-0.25, -0.2) is 0 Å². The lowest BCUT2D eigenvalue weighted by Gasteiger charge is -2.10. The molecule has 5 nitrogen and oxygen atoms in total. The fraction of sp³-hybridized carbons (Fsp3) is 0.273. The largest absolute Gasteiger partial charge is 0.481 e. The lowest BCUT2D eigenvalue weighted by Crippen LogP contribution is -2.21. The van der Waals surface area contributed by atoms with Gasteiger partial charge in [0, 0.05) is 19.0 Å². The first-order valence-corrected chi connectivity index (χ1v) is 5.89. The van der Waals surface area contributed by atoms with E-state index in [0.29, 0.717) is 5.56 Å². The van der Waals surface area contributed by atoms with Crippen LogP contribution < -0.4 is 5.73 Å². The first kappa shape index (κ1) is 12.1. The number of benzene rings is 1. The monoisotopic (exact) mass is 297 g/mol. The van der Waals surface area contributed by atoms with Gasteiger partial charge in [-0.05, 0) is 33.6 Å². The molecule has 90 valence electrons. The summed E-state index contributed by atoms with van der Waals surface area (Å²) in [5.41, 5.74) is 7.06. The fourth-order valence-corrected chi connectivity index (χ4v) is 2.40. The number of aliphatic carboxylic acids is 1. The van der Waals surface area contributed by atoms with E-state index >= 15 is 0 Å². The van der Waals surface area contributed by atoms with Gasteiger partial charge < -0.3 is 10.8 Å². The van der Waals surface area contributed by atoms with Gasteiger partial charge in [-0.15, -0.1) is 0 Å². The number of halogens is 1. The first-order chi connectivity index (χ1) is 8.04.